The molecule has 0 saturated carbocycles. The Morgan fingerprint density at radius 2 is 2.50 bits per heavy atom. The lowest BCUT2D eigenvalue weighted by molar-refractivity contribution is 0.192. The molecule has 1 rings (SSSR count). The third-order valence-electron chi connectivity index (χ3n) is 1.79. The molecule has 0 aliphatic carbocycles. The van der Waals surface area contributed by atoms with Gasteiger partial charge in [-0.05, 0) is 18.8 Å². The summed E-state index contributed by atoms with van der Waals surface area (Å²) in [4.78, 5) is 12.3. The van der Waals surface area contributed by atoms with Crippen molar-refractivity contribution in [1.29, 1.82) is 0 Å². The number of carbonyl (C=O) groups excluding carboxylic acids is 1. The van der Waals surface area contributed by atoms with Crippen LogP contribution >= 0.6 is 0 Å². The first-order chi connectivity index (χ1) is 4.70. The molecule has 3 nitrogen and oxygen atoms in total. The standard InChI is InChI=1S/C7H13N2O/c1-6-3-2-4-9(5-6)7(8)10/h3,6H,2,4-5H2,1H3,(H2,8,10). The van der Waals surface area contributed by atoms with E-state index in [9.17, 15) is 4.79 Å². The Bertz CT molecular complexity index is 136. The number of nitrogens with zero attached hydrogens (tertiary/aromatic N) is 1. The van der Waals surface area contributed by atoms with Crippen molar-refractivity contribution in [2.75, 3.05) is 13.1 Å². The number of amides is 2. The number of carbonyl (C=O) groups is 1. The Morgan fingerprint density at radius 1 is 1.80 bits per heavy atom. The number of hydrogen-bond donors (Lipinski definition) is 1. The highest BCUT2D eigenvalue weighted by molar-refractivity contribution is 5.72. The maximum absolute atomic E-state index is 10.6. The third kappa shape index (κ3) is 1.62. The van der Waals surface area contributed by atoms with Gasteiger partial charge in [-0.2, -0.15) is 0 Å². The highest BCUT2D eigenvalue weighted by Gasteiger charge is 2.18. The maximum Gasteiger partial charge on any atom is 0.314 e. The minimum Gasteiger partial charge on any atom is -0.351 e. The van der Waals surface area contributed by atoms with Gasteiger partial charge in [0.2, 0.25) is 0 Å². The Labute approximate surface area is 61.2 Å². The van der Waals surface area contributed by atoms with Crippen LogP contribution in [0.3, 0.4) is 0 Å². The molecule has 1 heterocycles. The fourth-order valence-electron chi connectivity index (χ4n) is 1.23. The first-order valence-corrected chi connectivity index (χ1v) is 3.58. The number of piperidine rings is 1. The summed E-state index contributed by atoms with van der Waals surface area (Å²) in [6.07, 6.45) is 3.20. The van der Waals surface area contributed by atoms with Gasteiger partial charge in [-0.15, -0.1) is 0 Å². The van der Waals surface area contributed by atoms with E-state index in [0.29, 0.717) is 5.92 Å². The smallest absolute Gasteiger partial charge is 0.314 e. The second-order valence-electron chi connectivity index (χ2n) is 2.79. The van der Waals surface area contributed by atoms with Crippen LogP contribution in [0.1, 0.15) is 13.3 Å². The van der Waals surface area contributed by atoms with Crippen molar-refractivity contribution in [3.05, 3.63) is 6.42 Å². The molecule has 1 fully saturated rings. The van der Waals surface area contributed by atoms with Crippen LogP contribution in [0.4, 0.5) is 4.79 Å². The average molecular weight is 141 g/mol. The van der Waals surface area contributed by atoms with Crippen LogP contribution in [0.25, 0.3) is 0 Å². The van der Waals surface area contributed by atoms with Crippen molar-refractivity contribution >= 4 is 6.03 Å². The van der Waals surface area contributed by atoms with E-state index >= 15 is 0 Å². The minimum atomic E-state index is -0.292. The van der Waals surface area contributed by atoms with Gasteiger partial charge in [0.25, 0.3) is 0 Å². The first-order valence-electron chi connectivity index (χ1n) is 3.58. The van der Waals surface area contributed by atoms with Gasteiger partial charge in [-0.1, -0.05) is 6.92 Å². The van der Waals surface area contributed by atoms with Crippen molar-refractivity contribution in [2.45, 2.75) is 13.3 Å². The minimum absolute atomic E-state index is 0.292. The van der Waals surface area contributed by atoms with E-state index in [2.05, 4.69) is 13.3 Å². The topological polar surface area (TPSA) is 46.3 Å². The van der Waals surface area contributed by atoms with E-state index in [0.717, 1.165) is 19.5 Å². The van der Waals surface area contributed by atoms with Crippen LogP contribution < -0.4 is 5.73 Å². The van der Waals surface area contributed by atoms with Gasteiger partial charge in [-0.25, -0.2) is 4.79 Å². The largest absolute Gasteiger partial charge is 0.351 e. The molecule has 1 atom stereocenters. The zero-order valence-electron chi connectivity index (χ0n) is 6.21. The summed E-state index contributed by atoms with van der Waals surface area (Å²) < 4.78 is 0. The van der Waals surface area contributed by atoms with Gasteiger partial charge in [0.1, 0.15) is 0 Å². The Kier molecular flexibility index (Phi) is 2.14. The van der Waals surface area contributed by atoms with Gasteiger partial charge in [0, 0.05) is 13.1 Å². The molecular weight excluding hydrogens is 128 g/mol. The fraction of sp³-hybridized carbons (Fsp3) is 0.714. The molecule has 0 aromatic rings. The summed E-state index contributed by atoms with van der Waals surface area (Å²) in [7, 11) is 0. The van der Waals surface area contributed by atoms with Gasteiger partial charge in [-0.3, -0.25) is 0 Å². The highest BCUT2D eigenvalue weighted by atomic mass is 16.2. The summed E-state index contributed by atoms with van der Waals surface area (Å²) in [5.41, 5.74) is 5.10. The zero-order valence-corrected chi connectivity index (χ0v) is 6.21. The second kappa shape index (κ2) is 2.90. The number of urea groups is 1. The lowest BCUT2D eigenvalue weighted by Crippen LogP contribution is -2.42. The van der Waals surface area contributed by atoms with Crippen molar-refractivity contribution in [3.63, 3.8) is 0 Å². The molecule has 1 aliphatic heterocycles. The van der Waals surface area contributed by atoms with E-state index in [1.165, 1.54) is 0 Å². The SMILES string of the molecule is CC1[CH]CCN(C(N)=O)C1. The third-order valence-corrected chi connectivity index (χ3v) is 1.79. The summed E-state index contributed by atoms with van der Waals surface area (Å²) in [5, 5.41) is 0. The molecule has 0 aromatic heterocycles. The van der Waals surface area contributed by atoms with Gasteiger partial charge in [0.15, 0.2) is 0 Å². The van der Waals surface area contributed by atoms with Crippen molar-refractivity contribution < 1.29 is 4.79 Å². The molecule has 3 heteroatoms. The van der Waals surface area contributed by atoms with Crippen LogP contribution in [0.2, 0.25) is 0 Å². The van der Waals surface area contributed by atoms with Crippen LogP contribution in [-0.4, -0.2) is 24.0 Å². The first kappa shape index (κ1) is 7.38. The molecule has 1 saturated heterocycles. The highest BCUT2D eigenvalue weighted by Crippen LogP contribution is 2.13. The maximum atomic E-state index is 10.6. The van der Waals surface area contributed by atoms with E-state index < -0.39 is 0 Å². The number of nitrogens with two attached hydrogens (primary N) is 1. The van der Waals surface area contributed by atoms with Gasteiger partial charge >= 0.3 is 6.03 Å². The second-order valence-corrected chi connectivity index (χ2v) is 2.79. The molecular formula is C7H13N2O. The number of primary amides is 1. The van der Waals surface area contributed by atoms with E-state index in [1.54, 1.807) is 4.90 Å². The van der Waals surface area contributed by atoms with Crippen LogP contribution in [-0.2, 0) is 0 Å². The molecule has 10 heavy (non-hydrogen) atoms. The number of hydrogen-bond acceptors (Lipinski definition) is 1. The lowest BCUT2D eigenvalue weighted by atomic mass is 10.0. The fourth-order valence-corrected chi connectivity index (χ4v) is 1.23. The van der Waals surface area contributed by atoms with Gasteiger partial charge in [0.05, 0.1) is 0 Å². The quantitative estimate of drug-likeness (QED) is 0.528. The Hall–Kier alpha value is -0.730. The summed E-state index contributed by atoms with van der Waals surface area (Å²) in [6, 6.07) is -0.292. The zero-order chi connectivity index (χ0) is 7.56. The summed E-state index contributed by atoms with van der Waals surface area (Å²) >= 11 is 0. The summed E-state index contributed by atoms with van der Waals surface area (Å²) in [5.74, 6) is 0.501. The molecule has 1 unspecified atom stereocenters. The van der Waals surface area contributed by atoms with E-state index in [1.807, 2.05) is 0 Å². The average Bonchev–Trinajstić information content (AvgIpc) is 1.88. The molecule has 2 N–H and O–H groups in total. The molecule has 2 amide bonds. The normalized spacial score (nSPS) is 26.5. The van der Waals surface area contributed by atoms with Crippen LogP contribution in [0.5, 0.6) is 0 Å². The molecule has 0 spiro atoms. The predicted molar refractivity (Wildman–Crippen MR) is 39.2 cm³/mol. The number of rotatable bonds is 0. The molecule has 0 bridgehead atoms. The van der Waals surface area contributed by atoms with E-state index in [-0.39, 0.29) is 6.03 Å². The van der Waals surface area contributed by atoms with Crippen molar-refractivity contribution in [2.24, 2.45) is 11.7 Å². The van der Waals surface area contributed by atoms with Crippen molar-refractivity contribution in [1.82, 2.24) is 4.90 Å². The number of likely N-dealkylation sites (tertiary alicyclic amines) is 1. The molecule has 57 valence electrons. The van der Waals surface area contributed by atoms with Crippen molar-refractivity contribution in [3.8, 4) is 0 Å². The Balaban J connectivity index is 2.39. The molecule has 1 aliphatic rings. The van der Waals surface area contributed by atoms with Gasteiger partial charge < -0.3 is 10.6 Å². The summed E-state index contributed by atoms with van der Waals surface area (Å²) in [6.45, 7) is 3.67. The lowest BCUT2D eigenvalue weighted by Gasteiger charge is -2.28. The molecule has 1 radical (unpaired) electrons. The van der Waals surface area contributed by atoms with Crippen LogP contribution in [0.15, 0.2) is 0 Å². The monoisotopic (exact) mass is 141 g/mol. The van der Waals surface area contributed by atoms with E-state index in [4.69, 9.17) is 5.73 Å². The molecule has 0 aromatic carbocycles. The Morgan fingerprint density at radius 3 is 2.90 bits per heavy atom. The predicted octanol–water partition coefficient (Wildman–Crippen LogP) is 0.611. The van der Waals surface area contributed by atoms with Crippen LogP contribution in [0, 0.1) is 12.3 Å².